The van der Waals surface area contributed by atoms with Crippen LogP contribution >= 0.6 is 0 Å². The number of alkyl halides is 3. The molecule has 0 bridgehead atoms. The van der Waals surface area contributed by atoms with E-state index in [0.717, 1.165) is 34.9 Å². The molecule has 0 spiro atoms. The first-order valence-corrected chi connectivity index (χ1v) is 10.1. The van der Waals surface area contributed by atoms with Crippen molar-refractivity contribution in [1.29, 1.82) is 0 Å². The lowest BCUT2D eigenvalue weighted by Crippen LogP contribution is -2.34. The second-order valence-electron chi connectivity index (χ2n) is 7.41. The number of anilines is 1. The highest BCUT2D eigenvalue weighted by atomic mass is 19.4. The number of hydrogen-bond donors (Lipinski definition) is 2. The van der Waals surface area contributed by atoms with Gasteiger partial charge in [0.2, 0.25) is 5.88 Å². The fourth-order valence-corrected chi connectivity index (χ4v) is 3.18. The van der Waals surface area contributed by atoms with Gasteiger partial charge in [0.1, 0.15) is 11.3 Å². The topological polar surface area (TPSA) is 117 Å². The monoisotopic (exact) mass is 488 g/mol. The zero-order valence-electron chi connectivity index (χ0n) is 18.2. The largest absolute Gasteiger partial charge is 0.481 e. The number of benzene rings is 2. The summed E-state index contributed by atoms with van der Waals surface area (Å²) in [6.07, 6.45) is -4.14. The Bertz CT molecular complexity index is 1260. The van der Waals surface area contributed by atoms with Crippen molar-refractivity contribution in [3.63, 3.8) is 0 Å². The molecule has 0 aliphatic heterocycles. The summed E-state index contributed by atoms with van der Waals surface area (Å²) in [4.78, 5) is 40.9. The number of pyridine rings is 1. The number of aryl methyl sites for hydroxylation is 1. The maximum atomic E-state index is 13.2. The number of rotatable bonds is 8. The molecule has 0 unspecified atom stereocenters. The van der Waals surface area contributed by atoms with Gasteiger partial charge in [-0.1, -0.05) is 17.7 Å². The highest BCUT2D eigenvalue weighted by Crippen LogP contribution is 2.37. The first-order valence-electron chi connectivity index (χ1n) is 10.1. The van der Waals surface area contributed by atoms with Crippen LogP contribution in [-0.2, 0) is 11.0 Å². The minimum atomic E-state index is -4.76. The summed E-state index contributed by atoms with van der Waals surface area (Å²) in [5, 5.41) is 18.9. The van der Waals surface area contributed by atoms with Crippen LogP contribution in [0.4, 0.5) is 18.9 Å². The number of aliphatic carboxylic acids is 1. The molecule has 1 aromatic heterocycles. The van der Waals surface area contributed by atoms with Crippen molar-refractivity contribution in [2.75, 3.05) is 11.4 Å². The Kier molecular flexibility index (Phi) is 7.38. The van der Waals surface area contributed by atoms with Crippen molar-refractivity contribution in [2.24, 2.45) is 0 Å². The van der Waals surface area contributed by atoms with Gasteiger partial charge in [-0.25, -0.2) is 9.78 Å². The molecule has 0 atom stereocenters. The summed E-state index contributed by atoms with van der Waals surface area (Å²) in [5.74, 6) is -4.40. The summed E-state index contributed by atoms with van der Waals surface area (Å²) in [6.45, 7) is 1.46. The molecule has 0 saturated carbocycles. The van der Waals surface area contributed by atoms with E-state index in [-0.39, 0.29) is 23.5 Å². The van der Waals surface area contributed by atoms with E-state index in [0.29, 0.717) is 0 Å². The van der Waals surface area contributed by atoms with Crippen LogP contribution in [0, 0.1) is 6.92 Å². The first kappa shape index (κ1) is 25.2. The number of halogens is 3. The summed E-state index contributed by atoms with van der Waals surface area (Å²) in [5.41, 5.74) is -0.703. The normalized spacial score (nSPS) is 11.1. The molecule has 35 heavy (non-hydrogen) atoms. The van der Waals surface area contributed by atoms with E-state index in [4.69, 9.17) is 9.84 Å². The number of carbonyl (C=O) groups excluding carboxylic acids is 1. The van der Waals surface area contributed by atoms with Gasteiger partial charge in [0.15, 0.2) is 0 Å². The summed E-state index contributed by atoms with van der Waals surface area (Å²) < 4.78 is 45.0. The molecule has 3 rings (SSSR count). The molecule has 0 aliphatic rings. The lowest BCUT2D eigenvalue weighted by Gasteiger charge is -2.24. The molecule has 0 aliphatic carbocycles. The van der Waals surface area contributed by atoms with Gasteiger partial charge in [-0.3, -0.25) is 9.59 Å². The van der Waals surface area contributed by atoms with Crippen molar-refractivity contribution < 1.29 is 42.5 Å². The Morgan fingerprint density at radius 2 is 1.71 bits per heavy atom. The smallest absolute Gasteiger partial charge is 0.421 e. The fraction of sp³-hybridized carbons (Fsp3) is 0.167. The number of carboxylic acid groups (broad SMARTS) is 2. The number of aromatic nitrogens is 1. The average molecular weight is 488 g/mol. The molecule has 3 aromatic rings. The van der Waals surface area contributed by atoms with E-state index in [1.807, 2.05) is 6.92 Å². The third-order valence-corrected chi connectivity index (χ3v) is 4.87. The van der Waals surface area contributed by atoms with Crippen molar-refractivity contribution in [1.82, 2.24) is 4.98 Å². The molecular weight excluding hydrogens is 469 g/mol. The van der Waals surface area contributed by atoms with Crippen LogP contribution in [0.25, 0.3) is 0 Å². The van der Waals surface area contributed by atoms with Crippen LogP contribution in [0.2, 0.25) is 0 Å². The van der Waals surface area contributed by atoms with E-state index in [9.17, 15) is 32.7 Å². The van der Waals surface area contributed by atoms with E-state index < -0.39 is 47.4 Å². The summed E-state index contributed by atoms with van der Waals surface area (Å²) >= 11 is 0. The number of aromatic carboxylic acids is 1. The van der Waals surface area contributed by atoms with E-state index in [2.05, 4.69) is 4.98 Å². The van der Waals surface area contributed by atoms with Gasteiger partial charge in [0.25, 0.3) is 5.91 Å². The summed E-state index contributed by atoms with van der Waals surface area (Å²) in [6, 6.07) is 11.5. The predicted molar refractivity (Wildman–Crippen MR) is 118 cm³/mol. The Hall–Kier alpha value is -4.41. The van der Waals surface area contributed by atoms with E-state index in [1.165, 1.54) is 24.3 Å². The second-order valence-corrected chi connectivity index (χ2v) is 7.41. The van der Waals surface area contributed by atoms with E-state index in [1.54, 1.807) is 12.1 Å². The van der Waals surface area contributed by atoms with Crippen molar-refractivity contribution in [3.8, 4) is 11.6 Å². The Balaban J connectivity index is 2.03. The first-order chi connectivity index (χ1) is 16.5. The van der Waals surface area contributed by atoms with Gasteiger partial charge in [-0.15, -0.1) is 0 Å². The standard InChI is InChI=1S/C24H19F3N2O6/c1-14-4-6-15(7-5-14)22(32)29(12-10-20(30)31)19-9-8-16(13-17(19)23(33)34)35-21-18(24(25,26)27)3-2-11-28-21/h2-9,11,13H,10,12H2,1H3,(H,30,31)(H,33,34). The van der Waals surface area contributed by atoms with Crippen LogP contribution in [0.1, 0.15) is 38.3 Å². The van der Waals surface area contributed by atoms with Crippen molar-refractivity contribution in [3.05, 3.63) is 83.0 Å². The Labute approximate surface area is 197 Å². The molecule has 2 N–H and O–H groups in total. The highest BCUT2D eigenvalue weighted by Gasteiger charge is 2.35. The van der Waals surface area contributed by atoms with Crippen LogP contribution in [0.3, 0.4) is 0 Å². The molecule has 1 amide bonds. The maximum absolute atomic E-state index is 13.2. The molecule has 182 valence electrons. The fourth-order valence-electron chi connectivity index (χ4n) is 3.18. The molecule has 8 nitrogen and oxygen atoms in total. The number of carbonyl (C=O) groups is 3. The molecular formula is C24H19F3N2O6. The molecule has 0 fully saturated rings. The zero-order valence-corrected chi connectivity index (χ0v) is 18.2. The van der Waals surface area contributed by atoms with Crippen LogP contribution in [-0.4, -0.2) is 39.6 Å². The van der Waals surface area contributed by atoms with Gasteiger partial charge in [-0.2, -0.15) is 13.2 Å². The lowest BCUT2D eigenvalue weighted by atomic mass is 10.1. The molecule has 1 heterocycles. The van der Waals surface area contributed by atoms with Gasteiger partial charge >= 0.3 is 18.1 Å². The molecule has 2 aromatic carbocycles. The molecule has 0 radical (unpaired) electrons. The second kappa shape index (κ2) is 10.2. The highest BCUT2D eigenvalue weighted by molar-refractivity contribution is 6.09. The van der Waals surface area contributed by atoms with Crippen LogP contribution < -0.4 is 9.64 Å². The third kappa shape index (κ3) is 6.14. The Morgan fingerprint density at radius 3 is 2.31 bits per heavy atom. The van der Waals surface area contributed by atoms with Crippen molar-refractivity contribution >= 4 is 23.5 Å². The van der Waals surface area contributed by atoms with E-state index >= 15 is 0 Å². The number of amides is 1. The van der Waals surface area contributed by atoms with Gasteiger partial charge in [0.05, 0.1) is 17.7 Å². The predicted octanol–water partition coefficient (Wildman–Crippen LogP) is 5.02. The quantitative estimate of drug-likeness (QED) is 0.457. The van der Waals surface area contributed by atoms with Gasteiger partial charge in [-0.05, 0) is 49.4 Å². The maximum Gasteiger partial charge on any atom is 0.421 e. The number of ether oxygens (including phenoxy) is 1. The number of hydrogen-bond acceptors (Lipinski definition) is 5. The minimum Gasteiger partial charge on any atom is -0.481 e. The van der Waals surface area contributed by atoms with Crippen LogP contribution in [0.15, 0.2) is 60.8 Å². The minimum absolute atomic E-state index is 0.145. The average Bonchev–Trinajstić information content (AvgIpc) is 2.79. The Morgan fingerprint density at radius 1 is 1.03 bits per heavy atom. The van der Waals surface area contributed by atoms with Gasteiger partial charge < -0.3 is 19.8 Å². The lowest BCUT2D eigenvalue weighted by molar-refractivity contribution is -0.139. The molecule has 11 heteroatoms. The molecule has 0 saturated heterocycles. The SMILES string of the molecule is Cc1ccc(C(=O)N(CCC(=O)O)c2ccc(Oc3ncccc3C(F)(F)F)cc2C(=O)O)cc1. The zero-order chi connectivity index (χ0) is 25.8. The number of carboxylic acids is 2. The van der Waals surface area contributed by atoms with Gasteiger partial charge in [0, 0.05) is 18.3 Å². The number of nitrogens with zero attached hydrogens (tertiary/aromatic N) is 2. The third-order valence-electron chi connectivity index (χ3n) is 4.87. The van der Waals surface area contributed by atoms with Crippen molar-refractivity contribution in [2.45, 2.75) is 19.5 Å². The summed E-state index contributed by atoms with van der Waals surface area (Å²) in [7, 11) is 0. The van der Waals surface area contributed by atoms with Crippen LogP contribution in [0.5, 0.6) is 11.6 Å².